The number of hydrogen-bond acceptors (Lipinski definition) is 2. The lowest BCUT2D eigenvalue weighted by Gasteiger charge is -2.02. The minimum atomic E-state index is -1.10. The van der Waals surface area contributed by atoms with E-state index in [4.69, 9.17) is 0 Å². The van der Waals surface area contributed by atoms with Crippen LogP contribution in [0.2, 0.25) is 0 Å². The minimum absolute atomic E-state index is 0.625. The van der Waals surface area contributed by atoms with Crippen molar-refractivity contribution >= 4 is 19.7 Å². The molecule has 0 spiro atoms. The molecule has 0 aromatic rings. The Morgan fingerprint density at radius 2 is 1.00 bits per heavy atom. The van der Waals surface area contributed by atoms with Crippen LogP contribution >= 0.6 is 0 Å². The maximum Gasteiger partial charge on any atom is 0.110 e. The highest BCUT2D eigenvalue weighted by molar-refractivity contribution is 8.61. The van der Waals surface area contributed by atoms with Crippen LogP contribution in [0.5, 0.6) is 0 Å². The fourth-order valence-corrected chi connectivity index (χ4v) is 4.55. The lowest BCUT2D eigenvalue weighted by molar-refractivity contribution is 0.662. The second kappa shape index (κ2) is 11.8. The van der Waals surface area contributed by atoms with Gasteiger partial charge in [-0.1, -0.05) is 52.4 Å². The molecule has 0 saturated carbocycles. The normalized spacial score (nSPS) is 14.9. The van der Waals surface area contributed by atoms with Crippen molar-refractivity contribution in [3.63, 3.8) is 0 Å². The minimum Gasteiger partial charge on any atom is -0.246 e. The third kappa shape index (κ3) is 9.52. The van der Waals surface area contributed by atoms with Crippen molar-refractivity contribution in [2.24, 2.45) is 0 Å². The quantitative estimate of drug-likeness (QED) is 0.423. The fraction of sp³-hybridized carbons (Fsp3) is 1.00. The van der Waals surface area contributed by atoms with Gasteiger partial charge in [-0.3, -0.25) is 0 Å². The molecule has 0 rings (SSSR count). The molecule has 0 aliphatic heterocycles. The zero-order valence-electron chi connectivity index (χ0n) is 10.7. The first-order valence-electron chi connectivity index (χ1n) is 6.49. The molecule has 0 heterocycles. The summed E-state index contributed by atoms with van der Waals surface area (Å²) < 4.78 is 23.2. The number of rotatable bonds is 11. The van der Waals surface area contributed by atoms with Gasteiger partial charge in [-0.2, -0.15) is 0 Å². The van der Waals surface area contributed by atoms with Crippen LogP contribution < -0.4 is 0 Å². The molecule has 0 radical (unpaired) electrons. The molecule has 0 aliphatic rings. The highest BCUT2D eigenvalue weighted by atomic mass is 33.1. The zero-order valence-corrected chi connectivity index (χ0v) is 12.3. The van der Waals surface area contributed by atoms with Crippen molar-refractivity contribution in [3.05, 3.63) is 0 Å². The molecule has 0 amide bonds. The van der Waals surface area contributed by atoms with Crippen molar-refractivity contribution in [1.29, 1.82) is 0 Å². The van der Waals surface area contributed by atoms with Crippen molar-refractivity contribution < 1.29 is 8.42 Å². The highest BCUT2D eigenvalue weighted by Crippen LogP contribution is 2.06. The summed E-state index contributed by atoms with van der Waals surface area (Å²) >= 11 is 0. The van der Waals surface area contributed by atoms with Gasteiger partial charge < -0.3 is 0 Å². The third-order valence-electron chi connectivity index (χ3n) is 2.54. The van der Waals surface area contributed by atoms with Gasteiger partial charge in [0.15, 0.2) is 0 Å². The van der Waals surface area contributed by atoms with E-state index in [9.17, 15) is 8.42 Å². The zero-order chi connectivity index (χ0) is 12.2. The Balaban J connectivity index is 3.46. The Kier molecular flexibility index (Phi) is 12.0. The molecule has 16 heavy (non-hydrogen) atoms. The molecule has 2 atom stereocenters. The lowest BCUT2D eigenvalue weighted by Crippen LogP contribution is -2.08. The molecule has 4 heteroatoms. The predicted molar refractivity (Wildman–Crippen MR) is 74.3 cm³/mol. The van der Waals surface area contributed by atoms with Gasteiger partial charge in [-0.15, -0.1) is 0 Å². The summed E-state index contributed by atoms with van der Waals surface area (Å²) in [5, 5.41) is 0. The molecule has 0 aromatic carbocycles. The summed E-state index contributed by atoms with van der Waals surface area (Å²) in [6.07, 6.45) is 8.92. The second-order valence-electron chi connectivity index (χ2n) is 4.14. The first kappa shape index (κ1) is 16.3. The van der Waals surface area contributed by atoms with E-state index in [2.05, 4.69) is 13.8 Å². The SMILES string of the molecule is CCCCCCS(=O)S(=O)CCCCCC. The number of hydrogen-bond donors (Lipinski definition) is 0. The molecule has 98 valence electrons. The first-order chi connectivity index (χ1) is 7.72. The van der Waals surface area contributed by atoms with Gasteiger partial charge in [0, 0.05) is 11.5 Å². The first-order valence-corrected chi connectivity index (χ1v) is 9.65. The maximum atomic E-state index is 11.6. The molecule has 2 nitrogen and oxygen atoms in total. The predicted octanol–water partition coefficient (Wildman–Crippen LogP) is 3.56. The van der Waals surface area contributed by atoms with Gasteiger partial charge >= 0.3 is 0 Å². The van der Waals surface area contributed by atoms with Crippen molar-refractivity contribution in [2.45, 2.75) is 65.2 Å². The highest BCUT2D eigenvalue weighted by Gasteiger charge is 2.08. The molecule has 0 aromatic heterocycles. The molecule has 0 saturated heterocycles. The van der Waals surface area contributed by atoms with E-state index in [1.165, 1.54) is 25.7 Å². The topological polar surface area (TPSA) is 34.1 Å². The van der Waals surface area contributed by atoms with Gasteiger partial charge in [0.1, 0.15) is 19.7 Å². The molecule has 0 fully saturated rings. The Labute approximate surface area is 105 Å². The molecule has 0 bridgehead atoms. The summed E-state index contributed by atoms with van der Waals surface area (Å²) in [7, 11) is -2.20. The molecule has 0 N–H and O–H groups in total. The Morgan fingerprint density at radius 1 is 0.625 bits per heavy atom. The van der Waals surface area contributed by atoms with Gasteiger partial charge in [0.25, 0.3) is 0 Å². The van der Waals surface area contributed by atoms with Crippen LogP contribution in [0, 0.1) is 0 Å². The van der Waals surface area contributed by atoms with Crippen molar-refractivity contribution in [3.8, 4) is 0 Å². The van der Waals surface area contributed by atoms with Gasteiger partial charge in [0.05, 0.1) is 0 Å². The van der Waals surface area contributed by atoms with E-state index in [0.29, 0.717) is 11.5 Å². The lowest BCUT2D eigenvalue weighted by atomic mass is 10.2. The average Bonchev–Trinajstić information content (AvgIpc) is 2.29. The van der Waals surface area contributed by atoms with Gasteiger partial charge in [-0.25, -0.2) is 8.42 Å². The Bertz CT molecular complexity index is 183. The summed E-state index contributed by atoms with van der Waals surface area (Å²) in [6.45, 7) is 4.31. The van der Waals surface area contributed by atoms with E-state index in [-0.39, 0.29) is 0 Å². The van der Waals surface area contributed by atoms with Crippen molar-refractivity contribution in [1.82, 2.24) is 0 Å². The average molecular weight is 266 g/mol. The second-order valence-corrected chi connectivity index (χ2v) is 8.40. The smallest absolute Gasteiger partial charge is 0.110 e. The van der Waals surface area contributed by atoms with Gasteiger partial charge in [0.2, 0.25) is 0 Å². The van der Waals surface area contributed by atoms with Gasteiger partial charge in [-0.05, 0) is 12.8 Å². The van der Waals surface area contributed by atoms with Crippen LogP contribution in [0.15, 0.2) is 0 Å². The summed E-state index contributed by atoms with van der Waals surface area (Å²) in [6, 6.07) is 0. The summed E-state index contributed by atoms with van der Waals surface area (Å²) in [4.78, 5) is 0. The van der Waals surface area contributed by atoms with Crippen LogP contribution in [0.1, 0.15) is 65.2 Å². The maximum absolute atomic E-state index is 11.6. The van der Waals surface area contributed by atoms with Crippen LogP contribution in [0.4, 0.5) is 0 Å². The van der Waals surface area contributed by atoms with E-state index < -0.39 is 19.7 Å². The molecule has 2 unspecified atom stereocenters. The number of unbranched alkanes of at least 4 members (excludes halogenated alkanes) is 6. The molecular formula is C12H26O2S2. The van der Waals surface area contributed by atoms with E-state index in [1.807, 2.05) is 0 Å². The van der Waals surface area contributed by atoms with E-state index >= 15 is 0 Å². The Hall–Kier alpha value is 0.300. The standard InChI is InChI=1S/C12H26O2S2/c1-3-5-7-9-11-15(13)16(14)12-10-8-6-4-2/h3-12H2,1-2H3. The van der Waals surface area contributed by atoms with E-state index in [0.717, 1.165) is 25.7 Å². The van der Waals surface area contributed by atoms with Crippen LogP contribution in [0.25, 0.3) is 0 Å². The third-order valence-corrected chi connectivity index (χ3v) is 6.44. The Morgan fingerprint density at radius 3 is 1.31 bits per heavy atom. The fourth-order valence-electron chi connectivity index (χ4n) is 1.48. The van der Waals surface area contributed by atoms with Crippen LogP contribution in [-0.2, 0) is 19.7 Å². The largest absolute Gasteiger partial charge is 0.246 e. The monoisotopic (exact) mass is 266 g/mol. The molecular weight excluding hydrogens is 240 g/mol. The molecule has 0 aliphatic carbocycles. The van der Waals surface area contributed by atoms with E-state index in [1.54, 1.807) is 0 Å². The summed E-state index contributed by atoms with van der Waals surface area (Å²) in [5.41, 5.74) is 0. The summed E-state index contributed by atoms with van der Waals surface area (Å²) in [5.74, 6) is 1.25. The van der Waals surface area contributed by atoms with Crippen LogP contribution in [0.3, 0.4) is 0 Å². The van der Waals surface area contributed by atoms with Crippen molar-refractivity contribution in [2.75, 3.05) is 11.5 Å². The van der Waals surface area contributed by atoms with Crippen LogP contribution in [-0.4, -0.2) is 19.9 Å².